The molecule has 0 fully saturated rings. The molecule has 24 heavy (non-hydrogen) atoms. The zero-order valence-electron chi connectivity index (χ0n) is 15.2. The average Bonchev–Trinajstić information content (AvgIpc) is 2.51. The van der Waals surface area contributed by atoms with Crippen LogP contribution in [0.4, 0.5) is 0 Å². The fourth-order valence-electron chi connectivity index (χ4n) is 2.17. The summed E-state index contributed by atoms with van der Waals surface area (Å²) in [4.78, 5) is 23.3. The Hall–Kier alpha value is -1.88. The molecule has 5 heteroatoms. The van der Waals surface area contributed by atoms with E-state index in [0.717, 1.165) is 12.0 Å². The first-order valence-corrected chi connectivity index (χ1v) is 8.48. The van der Waals surface area contributed by atoms with Crippen LogP contribution in [0.1, 0.15) is 52.2 Å². The van der Waals surface area contributed by atoms with Crippen molar-refractivity contribution >= 4 is 11.8 Å². The highest BCUT2D eigenvalue weighted by atomic mass is 16.5. The van der Waals surface area contributed by atoms with Gasteiger partial charge in [-0.3, -0.25) is 9.59 Å². The van der Waals surface area contributed by atoms with Crippen molar-refractivity contribution in [1.82, 2.24) is 10.6 Å². The van der Waals surface area contributed by atoms with Crippen molar-refractivity contribution in [3.63, 3.8) is 0 Å². The van der Waals surface area contributed by atoms with Gasteiger partial charge < -0.3 is 15.4 Å². The van der Waals surface area contributed by atoms with E-state index in [9.17, 15) is 9.59 Å². The van der Waals surface area contributed by atoms with Crippen LogP contribution in [-0.2, 0) is 14.3 Å². The van der Waals surface area contributed by atoms with Crippen LogP contribution < -0.4 is 10.6 Å². The Balaban J connectivity index is 2.08. The maximum Gasteiger partial charge on any atom is 0.239 e. The van der Waals surface area contributed by atoms with Gasteiger partial charge in [0, 0.05) is 19.6 Å². The quantitative estimate of drug-likeness (QED) is 0.682. The van der Waals surface area contributed by atoms with E-state index in [1.54, 1.807) is 0 Å². The Labute approximate surface area is 145 Å². The van der Waals surface area contributed by atoms with Crippen LogP contribution in [0, 0.1) is 5.41 Å². The molecule has 2 amide bonds. The highest BCUT2D eigenvalue weighted by Crippen LogP contribution is 2.17. The van der Waals surface area contributed by atoms with Crippen molar-refractivity contribution in [2.75, 3.05) is 19.7 Å². The van der Waals surface area contributed by atoms with Crippen LogP contribution >= 0.6 is 0 Å². The molecule has 0 saturated carbocycles. The van der Waals surface area contributed by atoms with E-state index >= 15 is 0 Å². The molecular formula is C19H30N2O3. The van der Waals surface area contributed by atoms with Gasteiger partial charge in [-0.1, -0.05) is 51.1 Å². The molecule has 1 rings (SSSR count). The molecule has 0 aliphatic rings. The van der Waals surface area contributed by atoms with Gasteiger partial charge in [-0.2, -0.15) is 0 Å². The second kappa shape index (κ2) is 10.1. The second-order valence-electron chi connectivity index (χ2n) is 7.14. The van der Waals surface area contributed by atoms with Crippen LogP contribution in [0.3, 0.4) is 0 Å². The first-order chi connectivity index (χ1) is 11.3. The Morgan fingerprint density at radius 2 is 1.75 bits per heavy atom. The van der Waals surface area contributed by atoms with E-state index in [4.69, 9.17) is 4.74 Å². The van der Waals surface area contributed by atoms with Gasteiger partial charge in [-0.05, 0) is 24.3 Å². The van der Waals surface area contributed by atoms with E-state index in [0.29, 0.717) is 19.6 Å². The molecule has 0 bridgehead atoms. The van der Waals surface area contributed by atoms with Gasteiger partial charge in [0.05, 0.1) is 12.6 Å². The lowest BCUT2D eigenvalue weighted by molar-refractivity contribution is -0.127. The molecule has 5 nitrogen and oxygen atoms in total. The van der Waals surface area contributed by atoms with Gasteiger partial charge in [0.1, 0.15) is 0 Å². The smallest absolute Gasteiger partial charge is 0.239 e. The standard InChI is InChI=1S/C19H30N2O3/c1-15(16-9-6-5-7-10-16)24-12-8-11-20-18(23)14-21-17(22)13-19(2,3)4/h5-7,9-10,15H,8,11-14H2,1-4H3,(H,20,23)(H,21,22). The van der Waals surface area contributed by atoms with E-state index in [-0.39, 0.29) is 29.9 Å². The number of hydrogen-bond donors (Lipinski definition) is 2. The zero-order chi connectivity index (χ0) is 18.0. The number of carbonyl (C=O) groups excluding carboxylic acids is 2. The molecule has 0 radical (unpaired) electrons. The first kappa shape index (κ1) is 20.2. The summed E-state index contributed by atoms with van der Waals surface area (Å²) in [6.45, 7) is 9.12. The number of rotatable bonds is 9. The van der Waals surface area contributed by atoms with Gasteiger partial charge in [0.2, 0.25) is 11.8 Å². The van der Waals surface area contributed by atoms with E-state index in [1.807, 2.05) is 58.0 Å². The molecule has 2 N–H and O–H groups in total. The summed E-state index contributed by atoms with van der Waals surface area (Å²) in [5, 5.41) is 5.42. The highest BCUT2D eigenvalue weighted by Gasteiger charge is 2.16. The molecule has 0 aliphatic heterocycles. The fourth-order valence-corrected chi connectivity index (χ4v) is 2.17. The normalized spacial score (nSPS) is 12.5. The van der Waals surface area contributed by atoms with Gasteiger partial charge in [0.15, 0.2) is 0 Å². The monoisotopic (exact) mass is 334 g/mol. The third kappa shape index (κ3) is 9.30. The molecule has 1 aromatic rings. The van der Waals surface area contributed by atoms with E-state index < -0.39 is 0 Å². The summed E-state index contributed by atoms with van der Waals surface area (Å²) in [6, 6.07) is 10.0. The van der Waals surface area contributed by atoms with Crippen LogP contribution in [0.25, 0.3) is 0 Å². The van der Waals surface area contributed by atoms with Crippen molar-refractivity contribution in [3.8, 4) is 0 Å². The van der Waals surface area contributed by atoms with Crippen LogP contribution in [-0.4, -0.2) is 31.5 Å². The van der Waals surface area contributed by atoms with Gasteiger partial charge in [-0.15, -0.1) is 0 Å². The maximum atomic E-state index is 11.7. The molecule has 1 unspecified atom stereocenters. The molecule has 1 atom stereocenters. The molecule has 0 aromatic heterocycles. The molecule has 1 aromatic carbocycles. The van der Waals surface area contributed by atoms with Gasteiger partial charge in [0.25, 0.3) is 0 Å². The Bertz CT molecular complexity index is 509. The molecule has 0 heterocycles. The highest BCUT2D eigenvalue weighted by molar-refractivity contribution is 5.84. The third-order valence-corrected chi connectivity index (χ3v) is 3.42. The van der Waals surface area contributed by atoms with E-state index in [2.05, 4.69) is 10.6 Å². The van der Waals surface area contributed by atoms with Crippen molar-refractivity contribution in [2.24, 2.45) is 5.41 Å². The first-order valence-electron chi connectivity index (χ1n) is 8.48. The predicted octanol–water partition coefficient (Wildman–Crippen LogP) is 2.82. The minimum absolute atomic E-state index is 0.0240. The number of benzene rings is 1. The fraction of sp³-hybridized carbons (Fsp3) is 0.579. The molecule has 0 aliphatic carbocycles. The minimum atomic E-state index is -0.173. The minimum Gasteiger partial charge on any atom is -0.374 e. The van der Waals surface area contributed by atoms with Crippen molar-refractivity contribution in [2.45, 2.75) is 46.6 Å². The molecule has 0 spiro atoms. The Kier molecular flexibility index (Phi) is 8.47. The Morgan fingerprint density at radius 3 is 2.38 bits per heavy atom. The third-order valence-electron chi connectivity index (χ3n) is 3.42. The summed E-state index contributed by atoms with van der Waals surface area (Å²) in [6.07, 6.45) is 1.18. The molecule has 134 valence electrons. The van der Waals surface area contributed by atoms with Gasteiger partial charge in [-0.25, -0.2) is 0 Å². The maximum absolute atomic E-state index is 11.7. The van der Waals surface area contributed by atoms with Crippen molar-refractivity contribution in [1.29, 1.82) is 0 Å². The van der Waals surface area contributed by atoms with Crippen LogP contribution in [0.2, 0.25) is 0 Å². The lowest BCUT2D eigenvalue weighted by Gasteiger charge is -2.17. The summed E-state index contributed by atoms with van der Waals surface area (Å²) in [7, 11) is 0. The van der Waals surface area contributed by atoms with Crippen LogP contribution in [0.5, 0.6) is 0 Å². The molecular weight excluding hydrogens is 304 g/mol. The summed E-state index contributed by atoms with van der Waals surface area (Å²) >= 11 is 0. The van der Waals surface area contributed by atoms with Crippen molar-refractivity contribution < 1.29 is 14.3 Å². The SMILES string of the molecule is CC(OCCCNC(=O)CNC(=O)CC(C)(C)C)c1ccccc1. The number of ether oxygens (including phenoxy) is 1. The summed E-state index contributed by atoms with van der Waals surface area (Å²) in [5.74, 6) is -0.272. The second-order valence-corrected chi connectivity index (χ2v) is 7.14. The molecule has 0 saturated heterocycles. The lowest BCUT2D eigenvalue weighted by Crippen LogP contribution is -2.38. The topological polar surface area (TPSA) is 67.4 Å². The summed E-state index contributed by atoms with van der Waals surface area (Å²) in [5.41, 5.74) is 1.07. The van der Waals surface area contributed by atoms with Gasteiger partial charge >= 0.3 is 0 Å². The predicted molar refractivity (Wildman–Crippen MR) is 95.5 cm³/mol. The Morgan fingerprint density at radius 1 is 1.08 bits per heavy atom. The van der Waals surface area contributed by atoms with E-state index in [1.165, 1.54) is 0 Å². The van der Waals surface area contributed by atoms with Crippen LogP contribution in [0.15, 0.2) is 30.3 Å². The number of amides is 2. The largest absolute Gasteiger partial charge is 0.374 e. The lowest BCUT2D eigenvalue weighted by atomic mass is 9.92. The number of nitrogens with one attached hydrogen (secondary N) is 2. The van der Waals surface area contributed by atoms with Crippen molar-refractivity contribution in [3.05, 3.63) is 35.9 Å². The summed E-state index contributed by atoms with van der Waals surface area (Å²) < 4.78 is 5.74. The number of carbonyl (C=O) groups is 2. The zero-order valence-corrected chi connectivity index (χ0v) is 15.2. The average molecular weight is 334 g/mol. The number of hydrogen-bond acceptors (Lipinski definition) is 3.